The van der Waals surface area contributed by atoms with Crippen molar-refractivity contribution in [1.82, 2.24) is 19.7 Å². The topological polar surface area (TPSA) is 72.5 Å². The van der Waals surface area contributed by atoms with Gasteiger partial charge in [0.2, 0.25) is 0 Å². The quantitative estimate of drug-likeness (QED) is 0.749. The van der Waals surface area contributed by atoms with Gasteiger partial charge in [-0.3, -0.25) is 5.10 Å². The number of nitrogens with zero attached hydrogens (tertiary/aromatic N) is 3. The van der Waals surface area contributed by atoms with Gasteiger partial charge in [-0.1, -0.05) is 6.07 Å². The van der Waals surface area contributed by atoms with Crippen molar-refractivity contribution >= 4 is 11.0 Å². The van der Waals surface area contributed by atoms with Crippen molar-refractivity contribution in [1.29, 1.82) is 0 Å². The van der Waals surface area contributed by atoms with E-state index in [9.17, 15) is 0 Å². The maximum atomic E-state index is 5.54. The van der Waals surface area contributed by atoms with E-state index in [1.54, 1.807) is 0 Å². The molecule has 19 heavy (non-hydrogen) atoms. The van der Waals surface area contributed by atoms with Gasteiger partial charge >= 0.3 is 0 Å². The molecule has 3 aromatic rings. The summed E-state index contributed by atoms with van der Waals surface area (Å²) < 4.78 is 2.09. The highest BCUT2D eigenvalue weighted by molar-refractivity contribution is 5.81. The fraction of sp³-hybridized carbons (Fsp3) is 0.286. The molecular formula is C14H17N5. The summed E-state index contributed by atoms with van der Waals surface area (Å²) in [6.45, 7) is 2.63. The Labute approximate surface area is 111 Å². The van der Waals surface area contributed by atoms with E-state index in [2.05, 4.69) is 37.9 Å². The molecule has 0 aliphatic rings. The van der Waals surface area contributed by atoms with E-state index in [0.717, 1.165) is 40.2 Å². The van der Waals surface area contributed by atoms with Gasteiger partial charge in [0, 0.05) is 24.7 Å². The summed E-state index contributed by atoms with van der Waals surface area (Å²) >= 11 is 0. The Morgan fingerprint density at radius 1 is 1.32 bits per heavy atom. The van der Waals surface area contributed by atoms with Gasteiger partial charge in [-0.25, -0.2) is 4.98 Å². The first-order chi connectivity index (χ1) is 9.19. The number of imidazole rings is 1. The summed E-state index contributed by atoms with van der Waals surface area (Å²) in [4.78, 5) is 4.55. The Bertz CT molecular complexity index is 723. The highest BCUT2D eigenvalue weighted by Gasteiger charge is 2.08. The van der Waals surface area contributed by atoms with Crippen LogP contribution in [0, 0.1) is 6.92 Å². The molecule has 0 fully saturated rings. The van der Waals surface area contributed by atoms with Gasteiger partial charge < -0.3 is 10.3 Å². The zero-order valence-corrected chi connectivity index (χ0v) is 11.1. The molecule has 0 saturated carbocycles. The van der Waals surface area contributed by atoms with Crippen molar-refractivity contribution in [3.63, 3.8) is 0 Å². The number of fused-ring (bicyclic) bond motifs is 1. The smallest absolute Gasteiger partial charge is 0.106 e. The van der Waals surface area contributed by atoms with E-state index < -0.39 is 0 Å². The van der Waals surface area contributed by atoms with E-state index in [1.807, 2.05) is 20.0 Å². The lowest BCUT2D eigenvalue weighted by molar-refractivity contribution is 0.886. The predicted molar refractivity (Wildman–Crippen MR) is 75.8 cm³/mol. The molecule has 0 aliphatic heterocycles. The van der Waals surface area contributed by atoms with Gasteiger partial charge in [0.1, 0.15) is 5.82 Å². The minimum Gasteiger partial charge on any atom is -0.331 e. The van der Waals surface area contributed by atoms with Crippen molar-refractivity contribution < 1.29 is 0 Å². The third-order valence-corrected chi connectivity index (χ3v) is 3.44. The van der Waals surface area contributed by atoms with Crippen molar-refractivity contribution in [2.24, 2.45) is 12.8 Å². The number of hydrogen-bond donors (Lipinski definition) is 2. The first-order valence-electron chi connectivity index (χ1n) is 6.37. The average Bonchev–Trinajstić information content (AvgIpc) is 2.96. The van der Waals surface area contributed by atoms with Crippen LogP contribution >= 0.6 is 0 Å². The summed E-state index contributed by atoms with van der Waals surface area (Å²) in [5.41, 5.74) is 10.8. The average molecular weight is 255 g/mol. The summed E-state index contributed by atoms with van der Waals surface area (Å²) in [6.07, 6.45) is 0.817. The maximum Gasteiger partial charge on any atom is 0.106 e. The first-order valence-corrected chi connectivity index (χ1v) is 6.37. The third-order valence-electron chi connectivity index (χ3n) is 3.44. The summed E-state index contributed by atoms with van der Waals surface area (Å²) in [7, 11) is 2.03. The van der Waals surface area contributed by atoms with Crippen LogP contribution in [-0.4, -0.2) is 26.3 Å². The molecule has 1 aromatic carbocycles. The normalized spacial score (nSPS) is 11.3. The molecule has 5 heteroatoms. The van der Waals surface area contributed by atoms with Gasteiger partial charge in [-0.2, -0.15) is 5.10 Å². The Morgan fingerprint density at radius 3 is 2.95 bits per heavy atom. The number of hydrogen-bond acceptors (Lipinski definition) is 3. The molecule has 2 heterocycles. The predicted octanol–water partition coefficient (Wildman–Crippen LogP) is 1.77. The van der Waals surface area contributed by atoms with Crippen LogP contribution in [0.2, 0.25) is 0 Å². The van der Waals surface area contributed by atoms with Gasteiger partial charge in [0.05, 0.1) is 16.7 Å². The second-order valence-corrected chi connectivity index (χ2v) is 4.74. The zero-order chi connectivity index (χ0) is 13.4. The standard InChI is InChI=1S/C14H17N5/c1-9-16-13-7-10(3-4-14(13)19(9)2)12-8-11(5-6-15)17-18-12/h3-4,7-8H,5-6,15H2,1-2H3,(H,17,18). The summed E-state index contributed by atoms with van der Waals surface area (Å²) in [6, 6.07) is 8.28. The van der Waals surface area contributed by atoms with E-state index in [1.165, 1.54) is 0 Å². The zero-order valence-electron chi connectivity index (χ0n) is 11.1. The molecular weight excluding hydrogens is 238 g/mol. The molecule has 0 atom stereocenters. The summed E-state index contributed by atoms with van der Waals surface area (Å²) in [5, 5.41) is 7.34. The van der Waals surface area contributed by atoms with Gasteiger partial charge in [0.25, 0.3) is 0 Å². The molecule has 0 amide bonds. The van der Waals surface area contributed by atoms with E-state index in [0.29, 0.717) is 6.54 Å². The fourth-order valence-electron chi connectivity index (χ4n) is 2.27. The number of nitrogens with two attached hydrogens (primary N) is 1. The van der Waals surface area contributed by atoms with Crippen molar-refractivity contribution in [2.75, 3.05) is 6.54 Å². The third kappa shape index (κ3) is 2.02. The van der Waals surface area contributed by atoms with E-state index in [4.69, 9.17) is 5.73 Å². The van der Waals surface area contributed by atoms with Crippen LogP contribution in [0.25, 0.3) is 22.3 Å². The molecule has 3 N–H and O–H groups in total. The largest absolute Gasteiger partial charge is 0.331 e. The van der Waals surface area contributed by atoms with Gasteiger partial charge in [-0.05, 0) is 31.7 Å². The Kier molecular flexibility index (Phi) is 2.83. The van der Waals surface area contributed by atoms with Crippen LogP contribution in [0.4, 0.5) is 0 Å². The van der Waals surface area contributed by atoms with Crippen LogP contribution in [-0.2, 0) is 13.5 Å². The molecule has 5 nitrogen and oxygen atoms in total. The monoisotopic (exact) mass is 255 g/mol. The lowest BCUT2D eigenvalue weighted by atomic mass is 10.1. The van der Waals surface area contributed by atoms with Crippen LogP contribution in [0.1, 0.15) is 11.5 Å². The molecule has 0 spiro atoms. The molecule has 0 unspecified atom stereocenters. The minimum atomic E-state index is 0.625. The van der Waals surface area contributed by atoms with Crippen molar-refractivity contribution in [3.8, 4) is 11.3 Å². The molecule has 0 bridgehead atoms. The van der Waals surface area contributed by atoms with Crippen LogP contribution in [0.3, 0.4) is 0 Å². The number of aromatic amines is 1. The lowest BCUT2D eigenvalue weighted by Crippen LogP contribution is -2.02. The second-order valence-electron chi connectivity index (χ2n) is 4.74. The number of aromatic nitrogens is 4. The minimum absolute atomic E-state index is 0.625. The van der Waals surface area contributed by atoms with Gasteiger partial charge in [-0.15, -0.1) is 0 Å². The SMILES string of the molecule is Cc1nc2cc(-c3cc(CCN)[nH]n3)ccc2n1C. The molecule has 2 aromatic heterocycles. The maximum absolute atomic E-state index is 5.54. The molecule has 3 rings (SSSR count). The molecule has 0 radical (unpaired) electrons. The number of H-pyrrole nitrogens is 1. The first kappa shape index (κ1) is 11.9. The van der Waals surface area contributed by atoms with E-state index >= 15 is 0 Å². The Morgan fingerprint density at radius 2 is 2.16 bits per heavy atom. The molecule has 0 aliphatic carbocycles. The van der Waals surface area contributed by atoms with Crippen LogP contribution < -0.4 is 5.73 Å². The summed E-state index contributed by atoms with van der Waals surface area (Å²) in [5.74, 6) is 1.01. The van der Waals surface area contributed by atoms with Crippen molar-refractivity contribution in [2.45, 2.75) is 13.3 Å². The lowest BCUT2D eigenvalue weighted by Gasteiger charge is -1.98. The fourth-order valence-corrected chi connectivity index (χ4v) is 2.27. The number of nitrogens with one attached hydrogen (secondary N) is 1. The second kappa shape index (κ2) is 4.51. The van der Waals surface area contributed by atoms with Crippen molar-refractivity contribution in [3.05, 3.63) is 35.8 Å². The highest BCUT2D eigenvalue weighted by atomic mass is 15.1. The number of rotatable bonds is 3. The highest BCUT2D eigenvalue weighted by Crippen LogP contribution is 2.23. The van der Waals surface area contributed by atoms with Gasteiger partial charge in [0.15, 0.2) is 0 Å². The number of benzene rings is 1. The Hall–Kier alpha value is -2.14. The van der Waals surface area contributed by atoms with Crippen LogP contribution in [0.15, 0.2) is 24.3 Å². The number of aryl methyl sites for hydroxylation is 2. The Balaban J connectivity index is 2.04. The molecule has 0 saturated heterocycles. The van der Waals surface area contributed by atoms with E-state index in [-0.39, 0.29) is 0 Å². The molecule has 98 valence electrons. The van der Waals surface area contributed by atoms with Crippen LogP contribution in [0.5, 0.6) is 0 Å².